The highest BCUT2D eigenvalue weighted by atomic mass is 19.1. The second-order valence-corrected chi connectivity index (χ2v) is 10.2. The number of halogens is 1. The maximum Gasteiger partial charge on any atom is 0.264 e. The van der Waals surface area contributed by atoms with Crippen molar-refractivity contribution in [3.05, 3.63) is 59.7 Å². The van der Waals surface area contributed by atoms with Crippen LogP contribution in [0.5, 0.6) is 0 Å². The molecular weight excluding hydrogens is 435 g/mol. The van der Waals surface area contributed by atoms with E-state index in [1.807, 2.05) is 55.5 Å². The Morgan fingerprint density at radius 2 is 1.85 bits per heavy atom. The third-order valence-corrected chi connectivity index (χ3v) is 7.72. The SMILES string of the molecule is C[C@@H]1[C@@H](C(C)(C)F)[C@H](CCO)O[C@@]12C(=O)N(Cc1ccc(N3CCC3=O)cc1)c1ccccc12. The Morgan fingerprint density at radius 1 is 1.15 bits per heavy atom. The van der Waals surface area contributed by atoms with E-state index >= 15 is 4.39 Å². The lowest BCUT2D eigenvalue weighted by atomic mass is 9.71. The maximum absolute atomic E-state index is 15.4. The number of amides is 2. The van der Waals surface area contributed by atoms with Gasteiger partial charge in [0.2, 0.25) is 5.91 Å². The molecular formula is C27H31FN2O4. The first-order valence-electron chi connectivity index (χ1n) is 12.0. The molecule has 0 aliphatic carbocycles. The average Bonchev–Trinajstić information content (AvgIpc) is 3.21. The van der Waals surface area contributed by atoms with Crippen LogP contribution < -0.4 is 9.80 Å². The molecule has 2 amide bonds. The molecule has 0 aromatic heterocycles. The molecule has 180 valence electrons. The van der Waals surface area contributed by atoms with Gasteiger partial charge in [0.25, 0.3) is 5.91 Å². The van der Waals surface area contributed by atoms with Gasteiger partial charge in [-0.05, 0) is 44.0 Å². The van der Waals surface area contributed by atoms with Crippen LogP contribution in [0.1, 0.15) is 44.7 Å². The first-order chi connectivity index (χ1) is 16.2. The van der Waals surface area contributed by atoms with Crippen molar-refractivity contribution in [3.8, 4) is 0 Å². The molecule has 0 saturated carbocycles. The van der Waals surface area contributed by atoms with Crippen LogP contribution in [-0.2, 0) is 26.5 Å². The number of β-lactam (4-membered cyclic amide) rings is 1. The predicted molar refractivity (Wildman–Crippen MR) is 127 cm³/mol. The molecule has 3 heterocycles. The molecule has 7 heteroatoms. The van der Waals surface area contributed by atoms with Crippen LogP contribution in [0.15, 0.2) is 48.5 Å². The highest BCUT2D eigenvalue weighted by Crippen LogP contribution is 2.58. The van der Waals surface area contributed by atoms with Crippen molar-refractivity contribution in [1.29, 1.82) is 0 Å². The highest BCUT2D eigenvalue weighted by Gasteiger charge is 2.65. The highest BCUT2D eigenvalue weighted by molar-refractivity contribution is 6.07. The summed E-state index contributed by atoms with van der Waals surface area (Å²) in [4.78, 5) is 29.3. The standard InChI is InChI=1S/C27H31FN2O4/c1-17-24(26(2,3)28)22(13-15-31)34-27(17)20-6-4-5-7-21(20)30(25(27)33)16-18-8-10-19(11-9-18)29-14-12-23(29)32/h4-11,17,22,24,31H,12-16H2,1-3H3/t17-,22+,24-,27+/m1/s1. The number of hydrogen-bond acceptors (Lipinski definition) is 4. The predicted octanol–water partition coefficient (Wildman–Crippen LogP) is 3.95. The van der Waals surface area contributed by atoms with E-state index in [9.17, 15) is 14.7 Å². The quantitative estimate of drug-likeness (QED) is 0.655. The molecule has 2 aromatic carbocycles. The van der Waals surface area contributed by atoms with Crippen LogP contribution in [0.2, 0.25) is 0 Å². The largest absolute Gasteiger partial charge is 0.396 e. The van der Waals surface area contributed by atoms with Gasteiger partial charge in [-0.15, -0.1) is 0 Å². The molecule has 1 N–H and O–H groups in total. The van der Waals surface area contributed by atoms with E-state index in [0.717, 1.165) is 29.0 Å². The summed E-state index contributed by atoms with van der Waals surface area (Å²) in [5, 5.41) is 9.61. The summed E-state index contributed by atoms with van der Waals surface area (Å²) in [6, 6.07) is 15.2. The number of fused-ring (bicyclic) bond motifs is 2. The van der Waals surface area contributed by atoms with Crippen molar-refractivity contribution in [2.24, 2.45) is 11.8 Å². The van der Waals surface area contributed by atoms with Gasteiger partial charge >= 0.3 is 0 Å². The van der Waals surface area contributed by atoms with E-state index in [-0.39, 0.29) is 24.8 Å². The lowest BCUT2D eigenvalue weighted by molar-refractivity contribution is -0.146. The Kier molecular flexibility index (Phi) is 5.52. The summed E-state index contributed by atoms with van der Waals surface area (Å²) in [5.41, 5.74) is 0.449. The molecule has 2 fully saturated rings. The van der Waals surface area contributed by atoms with Crippen molar-refractivity contribution in [3.63, 3.8) is 0 Å². The summed E-state index contributed by atoms with van der Waals surface area (Å²) in [7, 11) is 0. The van der Waals surface area contributed by atoms with Gasteiger partial charge in [0.15, 0.2) is 5.60 Å². The van der Waals surface area contributed by atoms with E-state index in [1.54, 1.807) is 9.80 Å². The molecule has 5 rings (SSSR count). The van der Waals surface area contributed by atoms with Crippen molar-refractivity contribution < 1.29 is 23.8 Å². The fourth-order valence-corrected chi connectivity index (χ4v) is 6.11. The molecule has 0 bridgehead atoms. The van der Waals surface area contributed by atoms with Crippen molar-refractivity contribution in [2.45, 2.75) is 57.5 Å². The third kappa shape index (κ3) is 3.36. The number of rotatable bonds is 6. The molecule has 0 radical (unpaired) electrons. The number of aliphatic hydroxyl groups excluding tert-OH is 1. The Morgan fingerprint density at radius 3 is 2.44 bits per heavy atom. The number of benzene rings is 2. The van der Waals surface area contributed by atoms with E-state index in [1.165, 1.54) is 13.8 Å². The summed E-state index contributed by atoms with van der Waals surface area (Å²) >= 11 is 0. The molecule has 4 atom stereocenters. The smallest absolute Gasteiger partial charge is 0.264 e. The minimum Gasteiger partial charge on any atom is -0.396 e. The van der Waals surface area contributed by atoms with E-state index in [0.29, 0.717) is 13.0 Å². The van der Waals surface area contributed by atoms with Gasteiger partial charge in [0.1, 0.15) is 5.67 Å². The average molecular weight is 467 g/mol. The normalized spacial score (nSPS) is 28.6. The minimum absolute atomic E-state index is 0.119. The summed E-state index contributed by atoms with van der Waals surface area (Å²) < 4.78 is 21.8. The Bertz CT molecular complexity index is 1110. The number of para-hydroxylation sites is 1. The number of ether oxygens (including phenoxy) is 1. The lowest BCUT2D eigenvalue weighted by Crippen LogP contribution is -2.45. The molecule has 2 aromatic rings. The first-order valence-corrected chi connectivity index (χ1v) is 12.0. The second-order valence-electron chi connectivity index (χ2n) is 10.2. The van der Waals surface area contributed by atoms with Gasteiger partial charge in [0, 0.05) is 42.7 Å². The second kappa shape index (κ2) is 8.17. The molecule has 2 saturated heterocycles. The molecule has 3 aliphatic heterocycles. The third-order valence-electron chi connectivity index (χ3n) is 7.72. The molecule has 6 nitrogen and oxygen atoms in total. The van der Waals surface area contributed by atoms with Crippen LogP contribution >= 0.6 is 0 Å². The topological polar surface area (TPSA) is 70.1 Å². The first kappa shape index (κ1) is 23.0. The van der Waals surface area contributed by atoms with Gasteiger partial charge in [-0.1, -0.05) is 37.3 Å². The zero-order chi connectivity index (χ0) is 24.3. The number of aliphatic hydroxyl groups is 1. The van der Waals surface area contributed by atoms with E-state index in [4.69, 9.17) is 4.74 Å². The summed E-state index contributed by atoms with van der Waals surface area (Å²) in [5.74, 6) is -1.03. The monoisotopic (exact) mass is 466 g/mol. The number of anilines is 2. The van der Waals surface area contributed by atoms with Crippen molar-refractivity contribution in [2.75, 3.05) is 23.0 Å². The van der Waals surface area contributed by atoms with E-state index in [2.05, 4.69) is 0 Å². The van der Waals surface area contributed by atoms with Crippen LogP contribution in [-0.4, -0.2) is 41.8 Å². The van der Waals surface area contributed by atoms with Crippen LogP contribution in [0.4, 0.5) is 15.8 Å². The number of carbonyl (C=O) groups is 2. The minimum atomic E-state index is -1.57. The Labute approximate surface area is 199 Å². The van der Waals surface area contributed by atoms with Gasteiger partial charge in [-0.25, -0.2) is 4.39 Å². The van der Waals surface area contributed by atoms with Crippen LogP contribution in [0.3, 0.4) is 0 Å². The summed E-state index contributed by atoms with van der Waals surface area (Å²) in [6.07, 6.45) is 0.288. The number of carbonyl (C=O) groups excluding carboxylic acids is 2. The van der Waals surface area contributed by atoms with Crippen LogP contribution in [0.25, 0.3) is 0 Å². The van der Waals surface area contributed by atoms with Gasteiger partial charge in [-0.2, -0.15) is 0 Å². The van der Waals surface area contributed by atoms with Crippen molar-refractivity contribution >= 4 is 23.2 Å². The lowest BCUT2D eigenvalue weighted by Gasteiger charge is -2.32. The number of nitrogens with zero attached hydrogens (tertiary/aromatic N) is 2. The molecule has 34 heavy (non-hydrogen) atoms. The number of alkyl halides is 1. The molecule has 1 spiro atoms. The van der Waals surface area contributed by atoms with Crippen LogP contribution in [0, 0.1) is 11.8 Å². The zero-order valence-corrected chi connectivity index (χ0v) is 19.8. The zero-order valence-electron chi connectivity index (χ0n) is 19.8. The maximum atomic E-state index is 15.4. The Balaban J connectivity index is 1.49. The Hall–Kier alpha value is -2.77. The van der Waals surface area contributed by atoms with Crippen molar-refractivity contribution in [1.82, 2.24) is 0 Å². The fraction of sp³-hybridized carbons (Fsp3) is 0.481. The molecule has 3 aliphatic rings. The number of hydrogen-bond donors (Lipinski definition) is 1. The summed E-state index contributed by atoms with van der Waals surface area (Å²) in [6.45, 7) is 5.88. The van der Waals surface area contributed by atoms with E-state index < -0.39 is 29.2 Å². The van der Waals surface area contributed by atoms with Gasteiger partial charge in [-0.3, -0.25) is 9.59 Å². The van der Waals surface area contributed by atoms with Gasteiger partial charge < -0.3 is 19.6 Å². The van der Waals surface area contributed by atoms with Gasteiger partial charge in [0.05, 0.1) is 18.3 Å². The molecule has 0 unspecified atom stereocenters. The fourth-order valence-electron chi connectivity index (χ4n) is 6.11.